The third kappa shape index (κ3) is 5.94. The molecular weight excluding hydrogens is 442 g/mol. The van der Waals surface area contributed by atoms with Crippen molar-refractivity contribution in [2.45, 2.75) is 49.6 Å². The van der Waals surface area contributed by atoms with Crippen LogP contribution in [0.1, 0.15) is 37.7 Å². The average Bonchev–Trinajstić information content (AvgIpc) is 2.80. The van der Waals surface area contributed by atoms with E-state index < -0.39 is 22.0 Å². The number of amides is 1. The lowest BCUT2D eigenvalue weighted by atomic mass is 9.83. The average molecular weight is 470 g/mol. The maximum atomic E-state index is 13.6. The van der Waals surface area contributed by atoms with Crippen molar-refractivity contribution in [2.24, 2.45) is 5.92 Å². The molecule has 0 saturated heterocycles. The minimum Gasteiger partial charge on any atom is -0.497 e. The van der Waals surface area contributed by atoms with Crippen LogP contribution >= 0.6 is 12.4 Å². The molecule has 1 amide bonds. The minimum atomic E-state index is -4.04. The van der Waals surface area contributed by atoms with Crippen LogP contribution in [0.4, 0.5) is 0 Å². The van der Waals surface area contributed by atoms with Crippen LogP contribution in [0.15, 0.2) is 53.7 Å². The van der Waals surface area contributed by atoms with Gasteiger partial charge in [-0.25, -0.2) is 13.9 Å². The summed E-state index contributed by atoms with van der Waals surface area (Å²) in [5.74, 6) is -0.361. The van der Waals surface area contributed by atoms with E-state index >= 15 is 0 Å². The number of halogens is 1. The van der Waals surface area contributed by atoms with Gasteiger partial charge < -0.3 is 4.74 Å². The molecule has 1 aliphatic rings. The van der Waals surface area contributed by atoms with Crippen molar-refractivity contribution in [3.63, 3.8) is 0 Å². The maximum absolute atomic E-state index is 13.6. The predicted molar refractivity (Wildman–Crippen MR) is 118 cm³/mol. The predicted octanol–water partition coefficient (Wildman–Crippen LogP) is 3.16. The van der Waals surface area contributed by atoms with Gasteiger partial charge >= 0.3 is 0 Å². The van der Waals surface area contributed by atoms with Crippen molar-refractivity contribution in [3.05, 3.63) is 54.4 Å². The van der Waals surface area contributed by atoms with Gasteiger partial charge in [0, 0.05) is 18.9 Å². The molecular formula is C21H28ClN3O5S. The first-order chi connectivity index (χ1) is 14.5. The van der Waals surface area contributed by atoms with Crippen molar-refractivity contribution in [1.82, 2.24) is 14.8 Å². The lowest BCUT2D eigenvalue weighted by Crippen LogP contribution is -2.52. The molecule has 0 radical (unpaired) electrons. The number of sulfonamides is 1. The number of carbonyl (C=O) groups excluding carboxylic acids is 1. The number of pyridine rings is 1. The van der Waals surface area contributed by atoms with Crippen LogP contribution in [0.2, 0.25) is 0 Å². The number of hydroxylamine groups is 1. The molecule has 0 bridgehead atoms. The SMILES string of the molecule is COc1ccc(S(=O)(=O)N(Cc2ccncc2)[C@@H](C(=O)NO)C2CCCCC2)cc1.Cl. The molecule has 0 aliphatic heterocycles. The number of rotatable bonds is 8. The Kier molecular flexibility index (Phi) is 9.24. The molecule has 1 saturated carbocycles. The van der Waals surface area contributed by atoms with Gasteiger partial charge in [0.2, 0.25) is 10.0 Å². The van der Waals surface area contributed by atoms with Crippen molar-refractivity contribution < 1.29 is 23.2 Å². The lowest BCUT2D eigenvalue weighted by molar-refractivity contribution is -0.135. The Morgan fingerprint density at radius 3 is 2.32 bits per heavy atom. The van der Waals surface area contributed by atoms with E-state index in [-0.39, 0.29) is 29.8 Å². The van der Waals surface area contributed by atoms with Gasteiger partial charge in [0.1, 0.15) is 11.8 Å². The Morgan fingerprint density at radius 1 is 1.16 bits per heavy atom. The lowest BCUT2D eigenvalue weighted by Gasteiger charge is -2.36. The normalized spacial score (nSPS) is 15.7. The summed E-state index contributed by atoms with van der Waals surface area (Å²) in [5.41, 5.74) is 2.40. The maximum Gasteiger partial charge on any atom is 0.262 e. The summed E-state index contributed by atoms with van der Waals surface area (Å²) in [5, 5.41) is 9.41. The zero-order valence-electron chi connectivity index (χ0n) is 17.3. The monoisotopic (exact) mass is 469 g/mol. The quantitative estimate of drug-likeness (QED) is 0.454. The van der Waals surface area contributed by atoms with E-state index in [1.807, 2.05) is 0 Å². The van der Waals surface area contributed by atoms with Gasteiger partial charge in [-0.05, 0) is 60.7 Å². The van der Waals surface area contributed by atoms with E-state index in [2.05, 4.69) is 4.98 Å². The molecule has 1 atom stereocenters. The second kappa shape index (κ2) is 11.4. The molecule has 0 spiro atoms. The molecule has 8 nitrogen and oxygen atoms in total. The molecule has 1 aromatic carbocycles. The minimum absolute atomic E-state index is 0. The van der Waals surface area contributed by atoms with Gasteiger partial charge in [0.25, 0.3) is 5.91 Å². The number of carbonyl (C=O) groups is 1. The molecule has 2 N–H and O–H groups in total. The summed E-state index contributed by atoms with van der Waals surface area (Å²) in [7, 11) is -2.54. The highest BCUT2D eigenvalue weighted by atomic mass is 35.5. The number of benzene rings is 1. The van der Waals surface area contributed by atoms with Gasteiger partial charge in [-0.2, -0.15) is 4.31 Å². The Bertz CT molecular complexity index is 935. The third-order valence-corrected chi connectivity index (χ3v) is 7.38. The van der Waals surface area contributed by atoms with Crippen molar-refractivity contribution in [3.8, 4) is 5.75 Å². The zero-order valence-corrected chi connectivity index (χ0v) is 18.9. The molecule has 31 heavy (non-hydrogen) atoms. The topological polar surface area (TPSA) is 109 Å². The number of nitrogens with zero attached hydrogens (tertiary/aromatic N) is 2. The Morgan fingerprint density at radius 2 is 1.77 bits per heavy atom. The van der Waals surface area contributed by atoms with Crippen LogP contribution in [0, 0.1) is 5.92 Å². The van der Waals surface area contributed by atoms with Crippen molar-refractivity contribution in [1.29, 1.82) is 0 Å². The Balaban J connectivity index is 0.00000341. The van der Waals surface area contributed by atoms with Crippen LogP contribution in [0.3, 0.4) is 0 Å². The van der Waals surface area contributed by atoms with Crippen LogP contribution in [-0.2, 0) is 21.4 Å². The molecule has 2 aromatic rings. The van der Waals surface area contributed by atoms with Gasteiger partial charge in [0.05, 0.1) is 12.0 Å². The first-order valence-corrected chi connectivity index (χ1v) is 11.4. The van der Waals surface area contributed by atoms with Crippen LogP contribution in [0.25, 0.3) is 0 Å². The standard InChI is InChI=1S/C21H27N3O5S.ClH/c1-29-18-7-9-19(10-8-18)30(27,28)24(15-16-11-13-22-14-12-16)20(21(25)23-26)17-5-3-2-4-6-17;/h7-14,17,20,26H,2-6,15H2,1H3,(H,23,25);1H/t20-;/m1./s1. The van der Waals surface area contributed by atoms with E-state index in [0.717, 1.165) is 32.1 Å². The number of nitrogens with one attached hydrogen (secondary N) is 1. The Hall–Kier alpha value is -2.20. The van der Waals surface area contributed by atoms with E-state index in [0.29, 0.717) is 11.3 Å². The summed E-state index contributed by atoms with van der Waals surface area (Å²) in [6, 6.07) is 8.47. The summed E-state index contributed by atoms with van der Waals surface area (Å²) in [4.78, 5) is 16.8. The molecule has 3 rings (SSSR count). The fraction of sp³-hybridized carbons (Fsp3) is 0.429. The molecule has 170 valence electrons. The van der Waals surface area contributed by atoms with Crippen molar-refractivity contribution >= 4 is 28.3 Å². The van der Waals surface area contributed by atoms with Crippen LogP contribution < -0.4 is 10.2 Å². The highest BCUT2D eigenvalue weighted by molar-refractivity contribution is 7.89. The number of methoxy groups -OCH3 is 1. The molecule has 1 heterocycles. The third-order valence-electron chi connectivity index (χ3n) is 5.54. The first kappa shape index (κ1) is 25.1. The molecule has 0 unspecified atom stereocenters. The molecule has 1 aliphatic carbocycles. The summed E-state index contributed by atoms with van der Waals surface area (Å²) < 4.78 is 33.6. The van der Waals surface area contributed by atoms with Gasteiger partial charge in [-0.1, -0.05) is 19.3 Å². The molecule has 1 fully saturated rings. The second-order valence-corrected chi connectivity index (χ2v) is 9.29. The number of hydrogen-bond donors (Lipinski definition) is 2. The number of ether oxygens (including phenoxy) is 1. The molecule has 10 heteroatoms. The largest absolute Gasteiger partial charge is 0.497 e. The Labute approximate surface area is 189 Å². The van der Waals surface area contributed by atoms with Crippen molar-refractivity contribution in [2.75, 3.05) is 7.11 Å². The fourth-order valence-corrected chi connectivity index (χ4v) is 5.62. The van der Waals surface area contributed by atoms with Crippen LogP contribution in [-0.4, -0.2) is 42.0 Å². The second-order valence-electron chi connectivity index (χ2n) is 7.40. The smallest absolute Gasteiger partial charge is 0.262 e. The number of aromatic nitrogens is 1. The summed E-state index contributed by atoms with van der Waals surface area (Å²) in [6.45, 7) is -0.00846. The van der Waals surface area contributed by atoms with Gasteiger partial charge in [-0.3, -0.25) is 15.0 Å². The highest BCUT2D eigenvalue weighted by Crippen LogP contribution is 2.33. The molecule has 1 aromatic heterocycles. The summed E-state index contributed by atoms with van der Waals surface area (Å²) >= 11 is 0. The summed E-state index contributed by atoms with van der Waals surface area (Å²) in [6.07, 6.45) is 7.51. The first-order valence-electron chi connectivity index (χ1n) is 9.96. The highest BCUT2D eigenvalue weighted by Gasteiger charge is 2.41. The van der Waals surface area contributed by atoms with Gasteiger partial charge in [0.15, 0.2) is 0 Å². The number of hydrogen-bond acceptors (Lipinski definition) is 6. The van der Waals surface area contributed by atoms with E-state index in [9.17, 15) is 18.4 Å². The van der Waals surface area contributed by atoms with E-state index in [4.69, 9.17) is 4.74 Å². The fourth-order valence-electron chi connectivity index (χ4n) is 3.98. The van der Waals surface area contributed by atoms with E-state index in [1.165, 1.54) is 23.5 Å². The van der Waals surface area contributed by atoms with E-state index in [1.54, 1.807) is 42.1 Å². The zero-order chi connectivity index (χ0) is 21.6. The van der Waals surface area contributed by atoms with Crippen LogP contribution in [0.5, 0.6) is 5.75 Å². The van der Waals surface area contributed by atoms with Gasteiger partial charge in [-0.15, -0.1) is 12.4 Å².